The predicted molar refractivity (Wildman–Crippen MR) is 81.6 cm³/mol. The highest BCUT2D eigenvalue weighted by Gasteiger charge is 2.42. The molecular weight excluding hydrogens is 268 g/mol. The SMILES string of the molecule is NCC1(C(=O)Cc2nc(-c3ccccc3)cs2)CCC1. The number of carbonyl (C=O) groups excluding carboxylic acids is 1. The predicted octanol–water partition coefficient (Wildman–Crippen LogP) is 3.05. The van der Waals surface area contributed by atoms with Gasteiger partial charge in [0.2, 0.25) is 0 Å². The number of nitrogens with zero attached hydrogens (tertiary/aromatic N) is 1. The smallest absolute Gasteiger partial charge is 0.147 e. The van der Waals surface area contributed by atoms with Gasteiger partial charge in [-0.25, -0.2) is 4.98 Å². The van der Waals surface area contributed by atoms with Crippen LogP contribution in [0, 0.1) is 5.41 Å². The van der Waals surface area contributed by atoms with Gasteiger partial charge in [0.05, 0.1) is 12.1 Å². The summed E-state index contributed by atoms with van der Waals surface area (Å²) >= 11 is 1.56. The average molecular weight is 286 g/mol. The van der Waals surface area contributed by atoms with Gasteiger partial charge in [0.1, 0.15) is 10.8 Å². The molecule has 2 aromatic rings. The average Bonchev–Trinajstić information content (AvgIpc) is 2.88. The molecule has 3 rings (SSSR count). The molecule has 0 bridgehead atoms. The van der Waals surface area contributed by atoms with Crippen molar-refractivity contribution in [2.45, 2.75) is 25.7 Å². The minimum absolute atomic E-state index is 0.251. The van der Waals surface area contributed by atoms with Crippen molar-refractivity contribution in [1.82, 2.24) is 4.98 Å². The van der Waals surface area contributed by atoms with Crippen molar-refractivity contribution in [1.29, 1.82) is 0 Å². The maximum atomic E-state index is 12.4. The molecule has 20 heavy (non-hydrogen) atoms. The second kappa shape index (κ2) is 5.46. The molecule has 0 atom stereocenters. The summed E-state index contributed by atoms with van der Waals surface area (Å²) in [7, 11) is 0. The van der Waals surface area contributed by atoms with Gasteiger partial charge in [-0.1, -0.05) is 36.8 Å². The van der Waals surface area contributed by atoms with Crippen LogP contribution in [0.4, 0.5) is 0 Å². The fraction of sp³-hybridized carbons (Fsp3) is 0.375. The van der Waals surface area contributed by atoms with E-state index in [-0.39, 0.29) is 11.2 Å². The molecule has 0 amide bonds. The summed E-state index contributed by atoms with van der Waals surface area (Å²) in [6.07, 6.45) is 3.43. The summed E-state index contributed by atoms with van der Waals surface area (Å²) in [5.74, 6) is 0.264. The molecule has 1 heterocycles. The van der Waals surface area contributed by atoms with Gasteiger partial charge >= 0.3 is 0 Å². The molecular formula is C16H18N2OS. The summed E-state index contributed by atoms with van der Waals surface area (Å²) < 4.78 is 0. The molecule has 0 unspecified atom stereocenters. The van der Waals surface area contributed by atoms with Crippen LogP contribution in [0.15, 0.2) is 35.7 Å². The van der Waals surface area contributed by atoms with Crippen LogP contribution in [-0.2, 0) is 11.2 Å². The molecule has 0 spiro atoms. The van der Waals surface area contributed by atoms with Crippen LogP contribution in [0.25, 0.3) is 11.3 Å². The second-order valence-corrected chi connectivity index (χ2v) is 6.37. The van der Waals surface area contributed by atoms with E-state index in [0.717, 1.165) is 35.5 Å². The lowest BCUT2D eigenvalue weighted by molar-refractivity contribution is -0.132. The minimum atomic E-state index is -0.251. The molecule has 1 aromatic heterocycles. The van der Waals surface area contributed by atoms with Crippen molar-refractivity contribution in [2.24, 2.45) is 11.1 Å². The molecule has 1 saturated carbocycles. The van der Waals surface area contributed by atoms with Crippen molar-refractivity contribution < 1.29 is 4.79 Å². The highest BCUT2D eigenvalue weighted by atomic mass is 32.1. The quantitative estimate of drug-likeness (QED) is 0.919. The summed E-state index contributed by atoms with van der Waals surface area (Å²) in [5, 5.41) is 2.92. The molecule has 0 radical (unpaired) electrons. The van der Waals surface area contributed by atoms with E-state index < -0.39 is 0 Å². The molecule has 3 nitrogen and oxygen atoms in total. The number of rotatable bonds is 5. The van der Waals surface area contributed by atoms with Gasteiger partial charge in [0, 0.05) is 22.9 Å². The van der Waals surface area contributed by atoms with E-state index in [0.29, 0.717) is 13.0 Å². The second-order valence-electron chi connectivity index (χ2n) is 5.43. The topological polar surface area (TPSA) is 56.0 Å². The standard InChI is InChI=1S/C16H18N2OS/c17-11-16(7-4-8-16)14(19)9-15-18-13(10-20-15)12-5-2-1-3-6-12/h1-3,5-6,10H,4,7-9,11,17H2. The Balaban J connectivity index is 1.73. The first-order chi connectivity index (χ1) is 9.73. The van der Waals surface area contributed by atoms with E-state index in [9.17, 15) is 4.79 Å². The van der Waals surface area contributed by atoms with E-state index in [1.54, 1.807) is 11.3 Å². The number of hydrogen-bond acceptors (Lipinski definition) is 4. The fourth-order valence-electron chi connectivity index (χ4n) is 2.66. The highest BCUT2D eigenvalue weighted by molar-refractivity contribution is 7.10. The minimum Gasteiger partial charge on any atom is -0.329 e. The van der Waals surface area contributed by atoms with Gasteiger partial charge in [-0.05, 0) is 12.8 Å². The fourth-order valence-corrected chi connectivity index (χ4v) is 3.46. The summed E-state index contributed by atoms with van der Waals surface area (Å²) in [4.78, 5) is 17.0. The number of carbonyl (C=O) groups is 1. The van der Waals surface area contributed by atoms with E-state index in [1.807, 2.05) is 35.7 Å². The maximum Gasteiger partial charge on any atom is 0.147 e. The first kappa shape index (κ1) is 13.5. The number of benzene rings is 1. The summed E-state index contributed by atoms with van der Waals surface area (Å²) in [5.41, 5.74) is 7.58. The summed E-state index contributed by atoms with van der Waals surface area (Å²) in [6, 6.07) is 10.1. The third kappa shape index (κ3) is 2.41. The number of aromatic nitrogens is 1. The monoisotopic (exact) mass is 286 g/mol. The van der Waals surface area contributed by atoms with Gasteiger partial charge < -0.3 is 5.73 Å². The van der Waals surface area contributed by atoms with Crippen LogP contribution in [-0.4, -0.2) is 17.3 Å². The first-order valence-corrected chi connectivity index (χ1v) is 7.85. The Bertz CT molecular complexity index is 596. The van der Waals surface area contributed by atoms with Gasteiger partial charge in [-0.2, -0.15) is 0 Å². The third-order valence-electron chi connectivity index (χ3n) is 4.23. The Kier molecular flexibility index (Phi) is 3.68. The normalized spacial score (nSPS) is 16.6. The summed E-state index contributed by atoms with van der Waals surface area (Å²) in [6.45, 7) is 0.475. The number of Topliss-reactive ketones (excluding diaryl/α,β-unsaturated/α-hetero) is 1. The molecule has 4 heteroatoms. The molecule has 1 fully saturated rings. The molecule has 2 N–H and O–H groups in total. The lowest BCUT2D eigenvalue weighted by Gasteiger charge is -2.39. The lowest BCUT2D eigenvalue weighted by Crippen LogP contribution is -2.45. The van der Waals surface area contributed by atoms with Crippen molar-refractivity contribution in [2.75, 3.05) is 6.54 Å². The number of hydrogen-bond donors (Lipinski definition) is 1. The molecule has 1 aromatic carbocycles. The Hall–Kier alpha value is -1.52. The number of thiazole rings is 1. The molecule has 0 aliphatic heterocycles. The largest absolute Gasteiger partial charge is 0.329 e. The van der Waals surface area contributed by atoms with Gasteiger partial charge in [-0.15, -0.1) is 11.3 Å². The zero-order chi connectivity index (χ0) is 14.0. The molecule has 1 aliphatic carbocycles. The van der Waals surface area contributed by atoms with Crippen LogP contribution in [0.2, 0.25) is 0 Å². The maximum absolute atomic E-state index is 12.4. The van der Waals surface area contributed by atoms with Crippen molar-refractivity contribution in [3.8, 4) is 11.3 Å². The van der Waals surface area contributed by atoms with Crippen LogP contribution < -0.4 is 5.73 Å². The Morgan fingerprint density at radius 1 is 1.30 bits per heavy atom. The van der Waals surface area contributed by atoms with Crippen LogP contribution in [0.5, 0.6) is 0 Å². The molecule has 1 aliphatic rings. The zero-order valence-corrected chi connectivity index (χ0v) is 12.2. The molecule has 0 saturated heterocycles. The first-order valence-electron chi connectivity index (χ1n) is 6.97. The lowest BCUT2D eigenvalue weighted by atomic mass is 9.65. The van der Waals surface area contributed by atoms with Crippen LogP contribution in [0.1, 0.15) is 24.3 Å². The van der Waals surface area contributed by atoms with Crippen molar-refractivity contribution in [3.05, 3.63) is 40.7 Å². The van der Waals surface area contributed by atoms with Crippen molar-refractivity contribution >= 4 is 17.1 Å². The Morgan fingerprint density at radius 3 is 2.65 bits per heavy atom. The van der Waals surface area contributed by atoms with E-state index in [4.69, 9.17) is 5.73 Å². The van der Waals surface area contributed by atoms with Gasteiger partial charge in [-0.3, -0.25) is 4.79 Å². The highest BCUT2D eigenvalue weighted by Crippen LogP contribution is 2.41. The number of nitrogens with two attached hydrogens (primary N) is 1. The zero-order valence-electron chi connectivity index (χ0n) is 11.3. The van der Waals surface area contributed by atoms with E-state index in [1.165, 1.54) is 0 Å². The van der Waals surface area contributed by atoms with Crippen molar-refractivity contribution in [3.63, 3.8) is 0 Å². The van der Waals surface area contributed by atoms with Gasteiger partial charge in [0.25, 0.3) is 0 Å². The van der Waals surface area contributed by atoms with Crippen LogP contribution in [0.3, 0.4) is 0 Å². The third-order valence-corrected chi connectivity index (χ3v) is 5.07. The van der Waals surface area contributed by atoms with E-state index >= 15 is 0 Å². The Morgan fingerprint density at radius 2 is 2.05 bits per heavy atom. The van der Waals surface area contributed by atoms with Crippen LogP contribution >= 0.6 is 11.3 Å². The molecule has 104 valence electrons. The van der Waals surface area contributed by atoms with Gasteiger partial charge in [0.15, 0.2) is 0 Å². The Labute approximate surface area is 122 Å². The number of ketones is 1. The van der Waals surface area contributed by atoms with E-state index in [2.05, 4.69) is 4.98 Å².